The van der Waals surface area contributed by atoms with Crippen molar-refractivity contribution in [1.82, 2.24) is 9.97 Å². The van der Waals surface area contributed by atoms with Gasteiger partial charge in [-0.05, 0) is 31.2 Å². The number of hydrogen-bond donors (Lipinski definition) is 2. The zero-order valence-corrected chi connectivity index (χ0v) is 16.9. The highest BCUT2D eigenvalue weighted by molar-refractivity contribution is 8.00. The van der Waals surface area contributed by atoms with Crippen LogP contribution in [0.2, 0.25) is 0 Å². The van der Waals surface area contributed by atoms with Crippen LogP contribution in [0.1, 0.15) is 12.6 Å². The van der Waals surface area contributed by atoms with Crippen LogP contribution in [0.25, 0.3) is 0 Å². The number of amides is 1. The van der Waals surface area contributed by atoms with Crippen molar-refractivity contribution in [3.8, 4) is 0 Å². The second-order valence-electron chi connectivity index (χ2n) is 6.02. The minimum Gasteiger partial charge on any atom is -0.323 e. The Morgan fingerprint density at radius 3 is 2.69 bits per heavy atom. The molecule has 29 heavy (non-hydrogen) atoms. The van der Waals surface area contributed by atoms with Crippen molar-refractivity contribution in [2.75, 3.05) is 5.32 Å². The van der Waals surface area contributed by atoms with Crippen LogP contribution in [-0.2, 0) is 10.5 Å². The summed E-state index contributed by atoms with van der Waals surface area (Å²) in [6.07, 6.45) is 0. The summed E-state index contributed by atoms with van der Waals surface area (Å²) in [4.78, 5) is 32.3. The number of anilines is 1. The average molecular weight is 434 g/mol. The monoisotopic (exact) mass is 433 g/mol. The molecule has 0 aliphatic rings. The molecule has 5 nitrogen and oxygen atoms in total. The summed E-state index contributed by atoms with van der Waals surface area (Å²) < 4.78 is 27.0. The lowest BCUT2D eigenvalue weighted by atomic mass is 10.3. The van der Waals surface area contributed by atoms with Crippen LogP contribution >= 0.6 is 23.5 Å². The first kappa shape index (κ1) is 21.1. The van der Waals surface area contributed by atoms with Gasteiger partial charge in [-0.2, -0.15) is 0 Å². The van der Waals surface area contributed by atoms with E-state index in [2.05, 4.69) is 15.3 Å². The van der Waals surface area contributed by atoms with Crippen LogP contribution < -0.4 is 10.9 Å². The Kier molecular flexibility index (Phi) is 7.05. The van der Waals surface area contributed by atoms with Gasteiger partial charge in [0.1, 0.15) is 11.6 Å². The van der Waals surface area contributed by atoms with Gasteiger partial charge in [0.15, 0.2) is 5.16 Å². The van der Waals surface area contributed by atoms with Crippen LogP contribution in [0.5, 0.6) is 0 Å². The first-order chi connectivity index (χ1) is 13.9. The maximum atomic E-state index is 13.7. The van der Waals surface area contributed by atoms with Crippen molar-refractivity contribution in [3.63, 3.8) is 0 Å². The molecule has 2 aromatic carbocycles. The molecule has 0 spiro atoms. The smallest absolute Gasteiger partial charge is 0.251 e. The average Bonchev–Trinajstić information content (AvgIpc) is 2.69. The Bertz CT molecular complexity index is 1060. The van der Waals surface area contributed by atoms with Gasteiger partial charge in [0.05, 0.1) is 16.6 Å². The van der Waals surface area contributed by atoms with Crippen molar-refractivity contribution in [1.29, 1.82) is 0 Å². The molecule has 0 saturated carbocycles. The Morgan fingerprint density at radius 1 is 1.17 bits per heavy atom. The molecule has 0 radical (unpaired) electrons. The van der Waals surface area contributed by atoms with E-state index >= 15 is 0 Å². The predicted molar refractivity (Wildman–Crippen MR) is 111 cm³/mol. The van der Waals surface area contributed by atoms with Gasteiger partial charge in [0, 0.05) is 22.8 Å². The van der Waals surface area contributed by atoms with Gasteiger partial charge in [-0.15, -0.1) is 11.8 Å². The summed E-state index contributed by atoms with van der Waals surface area (Å²) in [5.41, 5.74) is 0.0146. The highest BCUT2D eigenvalue weighted by Gasteiger charge is 2.18. The number of nitrogens with zero attached hydrogens (tertiary/aromatic N) is 1. The summed E-state index contributed by atoms with van der Waals surface area (Å²) in [6, 6.07) is 13.9. The maximum Gasteiger partial charge on any atom is 0.251 e. The van der Waals surface area contributed by atoms with Crippen LogP contribution in [-0.4, -0.2) is 21.1 Å². The number of aromatic nitrogens is 2. The fourth-order valence-corrected chi connectivity index (χ4v) is 3.98. The van der Waals surface area contributed by atoms with Gasteiger partial charge in [0.25, 0.3) is 5.56 Å². The van der Waals surface area contributed by atoms with E-state index in [4.69, 9.17) is 0 Å². The molecule has 0 fully saturated rings. The summed E-state index contributed by atoms with van der Waals surface area (Å²) in [5.74, 6) is -1.43. The third-order valence-corrected chi connectivity index (χ3v) is 5.78. The number of aromatic amines is 1. The lowest BCUT2D eigenvalue weighted by Gasteiger charge is -2.12. The Hall–Kier alpha value is -2.65. The third kappa shape index (κ3) is 6.16. The van der Waals surface area contributed by atoms with Crippen LogP contribution in [0.3, 0.4) is 0 Å². The first-order valence-corrected chi connectivity index (χ1v) is 10.5. The van der Waals surface area contributed by atoms with E-state index < -0.39 is 22.8 Å². The summed E-state index contributed by atoms with van der Waals surface area (Å²) >= 11 is 2.57. The van der Waals surface area contributed by atoms with Crippen molar-refractivity contribution in [2.24, 2.45) is 0 Å². The highest BCUT2D eigenvalue weighted by Crippen LogP contribution is 2.24. The van der Waals surface area contributed by atoms with Gasteiger partial charge >= 0.3 is 0 Å². The van der Waals surface area contributed by atoms with Crippen LogP contribution in [0.4, 0.5) is 14.5 Å². The van der Waals surface area contributed by atoms with Crippen molar-refractivity contribution < 1.29 is 13.6 Å². The van der Waals surface area contributed by atoms with E-state index in [0.29, 0.717) is 11.4 Å². The minimum absolute atomic E-state index is 0.239. The maximum absolute atomic E-state index is 13.7. The number of halogens is 2. The molecule has 0 aliphatic carbocycles. The normalized spacial score (nSPS) is 11.8. The molecule has 0 aliphatic heterocycles. The molecule has 9 heteroatoms. The number of hydrogen-bond acceptors (Lipinski definition) is 5. The lowest BCUT2D eigenvalue weighted by molar-refractivity contribution is -0.115. The number of nitrogens with one attached hydrogen (secondary N) is 2. The Morgan fingerprint density at radius 2 is 1.93 bits per heavy atom. The molecule has 3 rings (SSSR count). The molecule has 2 N–H and O–H groups in total. The van der Waals surface area contributed by atoms with Gasteiger partial charge in [0.2, 0.25) is 5.91 Å². The molecular weight excluding hydrogens is 416 g/mol. The van der Waals surface area contributed by atoms with E-state index in [0.717, 1.165) is 34.9 Å². The Labute approximate surface area is 174 Å². The number of carbonyl (C=O) groups excluding carboxylic acids is 1. The highest BCUT2D eigenvalue weighted by atomic mass is 32.2. The molecule has 1 amide bonds. The van der Waals surface area contributed by atoms with Gasteiger partial charge in [-0.3, -0.25) is 9.59 Å². The van der Waals surface area contributed by atoms with E-state index in [1.54, 1.807) is 6.92 Å². The number of thioether (sulfide) groups is 2. The SMILES string of the molecule is CC(Sc1nc(CSc2ccccc2)cc(=O)[nH]1)C(=O)Nc1cc(F)ccc1F. The fraction of sp³-hybridized carbons (Fsp3) is 0.150. The molecule has 1 heterocycles. The topological polar surface area (TPSA) is 74.8 Å². The largest absolute Gasteiger partial charge is 0.323 e. The molecule has 0 bridgehead atoms. The molecule has 1 aromatic heterocycles. The van der Waals surface area contributed by atoms with Gasteiger partial charge < -0.3 is 10.3 Å². The lowest BCUT2D eigenvalue weighted by Crippen LogP contribution is -2.24. The predicted octanol–water partition coefficient (Wildman–Crippen LogP) is 4.46. The first-order valence-electron chi connectivity index (χ1n) is 8.61. The zero-order chi connectivity index (χ0) is 20.8. The van der Waals surface area contributed by atoms with Gasteiger partial charge in [-0.25, -0.2) is 13.8 Å². The molecule has 3 aromatic rings. The molecular formula is C20H17F2N3O2S2. The molecule has 1 atom stereocenters. The molecule has 1 unspecified atom stereocenters. The van der Waals surface area contributed by atoms with Crippen molar-refractivity contribution in [3.05, 3.63) is 82.3 Å². The van der Waals surface area contributed by atoms with E-state index in [-0.39, 0.29) is 16.4 Å². The number of H-pyrrole nitrogens is 1. The Balaban J connectivity index is 1.65. The van der Waals surface area contributed by atoms with Gasteiger partial charge in [-0.1, -0.05) is 30.0 Å². The third-order valence-electron chi connectivity index (χ3n) is 3.75. The second kappa shape index (κ2) is 9.71. The van der Waals surface area contributed by atoms with Crippen molar-refractivity contribution >= 4 is 35.1 Å². The summed E-state index contributed by atoms with van der Waals surface area (Å²) in [7, 11) is 0. The fourth-order valence-electron chi connectivity index (χ4n) is 2.34. The second-order valence-corrected chi connectivity index (χ2v) is 8.40. The standard InChI is InChI=1S/C20H17F2N3O2S2/c1-12(19(27)24-17-9-13(21)7-8-16(17)22)29-20-23-14(10-18(26)25-20)11-28-15-5-3-2-4-6-15/h2-10,12H,11H2,1H3,(H,24,27)(H,23,25,26). The number of rotatable bonds is 7. The van der Waals surface area contributed by atoms with E-state index in [9.17, 15) is 18.4 Å². The zero-order valence-electron chi connectivity index (χ0n) is 15.3. The number of benzene rings is 2. The van der Waals surface area contributed by atoms with Crippen LogP contribution in [0, 0.1) is 11.6 Å². The quantitative estimate of drug-likeness (QED) is 0.425. The summed E-state index contributed by atoms with van der Waals surface area (Å²) in [6.45, 7) is 1.59. The van der Waals surface area contributed by atoms with Crippen LogP contribution in [0.15, 0.2) is 69.4 Å². The van der Waals surface area contributed by atoms with Crippen molar-refractivity contribution in [2.45, 2.75) is 28.0 Å². The molecule has 0 saturated heterocycles. The van der Waals surface area contributed by atoms with E-state index in [1.807, 2.05) is 30.3 Å². The number of carbonyl (C=O) groups is 1. The minimum atomic E-state index is -0.733. The van der Waals surface area contributed by atoms with E-state index in [1.165, 1.54) is 17.8 Å². The molecule has 150 valence electrons. The summed E-state index contributed by atoms with van der Waals surface area (Å²) in [5, 5.41) is 1.93.